The van der Waals surface area contributed by atoms with Crippen molar-refractivity contribution in [3.8, 4) is 0 Å². The molecule has 5 aromatic rings. The highest BCUT2D eigenvalue weighted by molar-refractivity contribution is 7.56. The van der Waals surface area contributed by atoms with Crippen molar-refractivity contribution in [3.05, 3.63) is 151 Å². The van der Waals surface area contributed by atoms with Crippen LogP contribution in [0.5, 0.6) is 0 Å². The molecule has 0 heterocycles. The molecule has 0 aliphatic carbocycles. The normalized spacial score (nSPS) is 11.5. The van der Waals surface area contributed by atoms with E-state index in [4.69, 9.17) is 0 Å². The molecule has 0 N–H and O–H groups in total. The van der Waals surface area contributed by atoms with Gasteiger partial charge < -0.3 is 0 Å². The van der Waals surface area contributed by atoms with Crippen LogP contribution in [0.4, 0.5) is 4.39 Å². The number of benzene rings is 5. The number of rotatable bonds is 6. The van der Waals surface area contributed by atoms with Crippen molar-refractivity contribution >= 4 is 41.8 Å². The van der Waals surface area contributed by atoms with Crippen LogP contribution >= 0.6 is 0 Å². The Labute approximate surface area is 197 Å². The first kappa shape index (κ1) is 21.3. The zero-order valence-electron chi connectivity index (χ0n) is 18.2. The first-order valence-corrected chi connectivity index (χ1v) is 15.7. The number of halogens is 1. The monoisotopic (exact) mass is 459 g/mol. The second kappa shape index (κ2) is 9.53. The Morgan fingerprint density at radius 2 is 0.818 bits per heavy atom. The molecule has 159 valence electrons. The molecule has 0 aromatic heterocycles. The maximum Gasteiger partial charge on any atom is 0.147 e. The van der Waals surface area contributed by atoms with Gasteiger partial charge in [0.15, 0.2) is 0 Å². The molecule has 5 rings (SSSR count). The molecule has 0 atom stereocenters. The average Bonchev–Trinajstić information content (AvgIpc) is 2.89. The summed E-state index contributed by atoms with van der Waals surface area (Å²) in [6.45, 7) is 0. The lowest BCUT2D eigenvalue weighted by Crippen LogP contribution is -2.82. The van der Waals surface area contributed by atoms with Crippen LogP contribution in [-0.4, -0.2) is 15.9 Å². The van der Waals surface area contributed by atoms with Gasteiger partial charge in [0.1, 0.15) is 21.7 Å². The minimum Gasteiger partial charge on any atom is -0.207 e. The smallest absolute Gasteiger partial charge is 0.147 e. The van der Waals surface area contributed by atoms with E-state index < -0.39 is 15.9 Å². The molecule has 33 heavy (non-hydrogen) atoms. The molecule has 3 heteroatoms. The molecule has 0 nitrogen and oxygen atoms in total. The Morgan fingerprint density at radius 3 is 1.24 bits per heavy atom. The zero-order chi connectivity index (χ0) is 22.5. The second-order valence-electron chi connectivity index (χ2n) is 8.10. The van der Waals surface area contributed by atoms with Gasteiger partial charge in [0, 0.05) is 0 Å². The van der Waals surface area contributed by atoms with E-state index in [9.17, 15) is 4.39 Å². The summed E-state index contributed by atoms with van der Waals surface area (Å²) in [6.07, 6.45) is 0. The second-order valence-corrected chi connectivity index (χ2v) is 17.0. The summed E-state index contributed by atoms with van der Waals surface area (Å²) in [5.41, 5.74) is 0. The molecule has 0 amide bonds. The maximum atomic E-state index is 14.8. The third kappa shape index (κ3) is 4.01. The summed E-state index contributed by atoms with van der Waals surface area (Å²) in [5.74, 6) is -0.182. The van der Waals surface area contributed by atoms with Crippen molar-refractivity contribution in [1.29, 1.82) is 0 Å². The van der Waals surface area contributed by atoms with Crippen molar-refractivity contribution < 1.29 is 4.39 Å². The Hall–Kier alpha value is -3.54. The van der Waals surface area contributed by atoms with Gasteiger partial charge >= 0.3 is 0 Å². The van der Waals surface area contributed by atoms with Crippen LogP contribution in [-0.2, 0) is 0 Å². The van der Waals surface area contributed by atoms with Crippen LogP contribution < -0.4 is 25.9 Å². The molecule has 0 unspecified atom stereocenters. The number of hydrogen-bond donors (Lipinski definition) is 0. The largest absolute Gasteiger partial charge is 0.207 e. The van der Waals surface area contributed by atoms with E-state index >= 15 is 0 Å². The van der Waals surface area contributed by atoms with Gasteiger partial charge in [-0.1, -0.05) is 154 Å². The van der Waals surface area contributed by atoms with Crippen LogP contribution in [0, 0.1) is 5.82 Å². The van der Waals surface area contributed by atoms with Gasteiger partial charge in [0.2, 0.25) is 0 Å². The molecular weight excluding hydrogens is 436 g/mol. The van der Waals surface area contributed by atoms with Gasteiger partial charge in [0.05, 0.1) is 0 Å². The molecule has 1 radical (unpaired) electrons. The molecule has 0 spiro atoms. The summed E-state index contributed by atoms with van der Waals surface area (Å²) < 4.78 is 14.8. The summed E-state index contributed by atoms with van der Waals surface area (Å²) in [7, 11) is -4.10. The van der Waals surface area contributed by atoms with Crippen molar-refractivity contribution in [3.63, 3.8) is 0 Å². The summed E-state index contributed by atoms with van der Waals surface area (Å²) in [5, 5.41) is 6.42. The fraction of sp³-hybridized carbons (Fsp3) is 0. The minimum atomic E-state index is -2.70. The molecular formula is C30H24FSi2. The Morgan fingerprint density at radius 1 is 0.424 bits per heavy atom. The van der Waals surface area contributed by atoms with E-state index in [1.54, 1.807) is 12.1 Å². The molecule has 0 fully saturated rings. The lowest BCUT2D eigenvalue weighted by Gasteiger charge is -2.40. The summed E-state index contributed by atoms with van der Waals surface area (Å²) >= 11 is 0. The third-order valence-electron chi connectivity index (χ3n) is 6.17. The quantitative estimate of drug-likeness (QED) is 0.268. The lowest BCUT2D eigenvalue weighted by atomic mass is 10.3. The highest BCUT2D eigenvalue weighted by Gasteiger charge is 2.49. The Balaban J connectivity index is 1.96. The maximum absolute atomic E-state index is 14.8. The van der Waals surface area contributed by atoms with Crippen LogP contribution in [0.2, 0.25) is 0 Å². The minimum absolute atomic E-state index is 0.182. The van der Waals surface area contributed by atoms with Crippen LogP contribution in [0.25, 0.3) is 0 Å². The van der Waals surface area contributed by atoms with Crippen molar-refractivity contribution in [2.75, 3.05) is 0 Å². The van der Waals surface area contributed by atoms with Crippen LogP contribution in [0.3, 0.4) is 0 Å². The predicted octanol–water partition coefficient (Wildman–Crippen LogP) is 3.68. The van der Waals surface area contributed by atoms with E-state index in [2.05, 4.69) is 127 Å². The fourth-order valence-electron chi connectivity index (χ4n) is 4.84. The van der Waals surface area contributed by atoms with Gasteiger partial charge in [0.25, 0.3) is 0 Å². The van der Waals surface area contributed by atoms with Gasteiger partial charge in [-0.05, 0) is 17.3 Å². The van der Waals surface area contributed by atoms with E-state index in [0.29, 0.717) is 0 Å². The van der Waals surface area contributed by atoms with Crippen molar-refractivity contribution in [2.45, 2.75) is 0 Å². The van der Waals surface area contributed by atoms with Crippen LogP contribution in [0.1, 0.15) is 0 Å². The SMILES string of the molecule is Fc1cccc([Si](c2ccccc2)(c2ccccc2)[Si](c2ccccc2)c2ccccc2)c1. The van der Waals surface area contributed by atoms with E-state index in [-0.39, 0.29) is 5.82 Å². The van der Waals surface area contributed by atoms with Crippen LogP contribution in [0.15, 0.2) is 146 Å². The first-order valence-electron chi connectivity index (χ1n) is 11.2. The molecule has 0 saturated heterocycles. The van der Waals surface area contributed by atoms with Gasteiger partial charge in [-0.15, -0.1) is 0 Å². The Kier molecular flexibility index (Phi) is 6.16. The number of hydrogen-bond acceptors (Lipinski definition) is 0. The fourth-order valence-corrected chi connectivity index (χ4v) is 18.7. The molecule has 5 aromatic carbocycles. The first-order chi connectivity index (χ1) is 16.3. The molecule has 0 bridgehead atoms. The third-order valence-corrected chi connectivity index (χ3v) is 18.9. The summed E-state index contributed by atoms with van der Waals surface area (Å²) in [6, 6.07) is 50.7. The van der Waals surface area contributed by atoms with E-state index in [1.807, 2.05) is 6.07 Å². The Bertz CT molecular complexity index is 1230. The van der Waals surface area contributed by atoms with E-state index in [0.717, 1.165) is 5.19 Å². The molecule has 0 saturated carbocycles. The highest BCUT2D eigenvalue weighted by atomic mass is 29.2. The van der Waals surface area contributed by atoms with Gasteiger partial charge in [-0.3, -0.25) is 0 Å². The van der Waals surface area contributed by atoms with E-state index in [1.165, 1.54) is 20.7 Å². The topological polar surface area (TPSA) is 0 Å². The molecule has 0 aliphatic heterocycles. The van der Waals surface area contributed by atoms with Gasteiger partial charge in [-0.25, -0.2) is 4.39 Å². The summed E-state index contributed by atoms with van der Waals surface area (Å²) in [4.78, 5) is 0. The lowest BCUT2D eigenvalue weighted by molar-refractivity contribution is 0.629. The standard InChI is InChI=1S/C30H24FSi2/c31-25-14-13-23-30(24-25)33(28-19-9-3-10-20-28,29-21-11-4-12-22-29)32(26-15-5-1-6-16-26)27-17-7-2-8-18-27/h1-24H. The zero-order valence-corrected chi connectivity index (χ0v) is 20.2. The predicted molar refractivity (Wildman–Crippen MR) is 142 cm³/mol. The van der Waals surface area contributed by atoms with Crippen molar-refractivity contribution in [1.82, 2.24) is 0 Å². The van der Waals surface area contributed by atoms with Crippen molar-refractivity contribution in [2.24, 2.45) is 0 Å². The van der Waals surface area contributed by atoms with Gasteiger partial charge in [-0.2, -0.15) is 0 Å². The molecule has 0 aliphatic rings. The highest BCUT2D eigenvalue weighted by Crippen LogP contribution is 2.14. The average molecular weight is 460 g/mol.